The number of esters is 1. The predicted molar refractivity (Wildman–Crippen MR) is 94.5 cm³/mol. The maximum atomic E-state index is 12.6. The summed E-state index contributed by atoms with van der Waals surface area (Å²) >= 11 is 0. The second-order valence-electron chi connectivity index (χ2n) is 6.37. The number of ether oxygens (including phenoxy) is 1. The van der Waals surface area contributed by atoms with Gasteiger partial charge in [-0.2, -0.15) is 0 Å². The Morgan fingerprint density at radius 1 is 1.35 bits per heavy atom. The second-order valence-corrected chi connectivity index (χ2v) is 8.05. The number of rotatable bonds is 8. The molecule has 0 atom stereocenters. The molecular weight excluding hydrogens is 360 g/mol. The van der Waals surface area contributed by atoms with Crippen molar-refractivity contribution < 1.29 is 27.9 Å². The van der Waals surface area contributed by atoms with Crippen molar-refractivity contribution in [3.8, 4) is 0 Å². The molecule has 8 nitrogen and oxygen atoms in total. The molecule has 0 radical (unpaired) electrons. The normalized spacial score (nSPS) is 19.8. The summed E-state index contributed by atoms with van der Waals surface area (Å²) in [5.41, 5.74) is 0.747. The molecule has 0 aromatic heterocycles. The summed E-state index contributed by atoms with van der Waals surface area (Å²) in [6, 6.07) is 4.13. The van der Waals surface area contributed by atoms with Gasteiger partial charge in [-0.1, -0.05) is 6.92 Å². The van der Waals surface area contributed by atoms with Crippen LogP contribution in [0.3, 0.4) is 0 Å². The number of hydrogen-bond acceptors (Lipinski definition) is 6. The Kier molecular flexibility index (Phi) is 6.38. The van der Waals surface area contributed by atoms with E-state index in [2.05, 4.69) is 9.46 Å². The number of sulfonamides is 1. The summed E-state index contributed by atoms with van der Waals surface area (Å²) in [4.78, 5) is 24.3. The molecule has 1 aromatic carbocycles. The zero-order valence-electron chi connectivity index (χ0n) is 15.1. The quantitative estimate of drug-likeness (QED) is 0.643. The first-order valence-electron chi connectivity index (χ1n) is 8.35. The summed E-state index contributed by atoms with van der Waals surface area (Å²) in [6.45, 7) is 4.06. The number of carbonyl (C=O) groups is 2. The van der Waals surface area contributed by atoms with Gasteiger partial charge in [-0.05, 0) is 50.1 Å². The van der Waals surface area contributed by atoms with E-state index >= 15 is 0 Å². The second kappa shape index (κ2) is 8.15. The first kappa shape index (κ1) is 20.3. The molecule has 1 saturated carbocycles. The number of likely N-dealkylation sites (N-methyl/N-ethyl adjacent to an activating group) is 1. The minimum absolute atomic E-state index is 0.0469. The minimum atomic E-state index is -3.72. The van der Waals surface area contributed by atoms with Crippen LogP contribution in [0.25, 0.3) is 0 Å². The minimum Gasteiger partial charge on any atom is -0.480 e. The van der Waals surface area contributed by atoms with E-state index in [1.165, 1.54) is 25.3 Å². The molecule has 9 heteroatoms. The van der Waals surface area contributed by atoms with Crippen LogP contribution in [0.5, 0.6) is 0 Å². The van der Waals surface area contributed by atoms with Crippen LogP contribution in [0.2, 0.25) is 0 Å². The molecule has 0 heterocycles. The highest BCUT2D eigenvalue weighted by Crippen LogP contribution is 2.28. The summed E-state index contributed by atoms with van der Waals surface area (Å²) in [5.74, 6) is -1.41. The highest BCUT2D eigenvalue weighted by atomic mass is 32.2. The number of methoxy groups -OCH3 is 1. The van der Waals surface area contributed by atoms with Crippen LogP contribution in [-0.4, -0.2) is 62.6 Å². The number of carboxylic acids is 1. The van der Waals surface area contributed by atoms with Gasteiger partial charge in [0, 0.05) is 12.1 Å². The number of benzene rings is 1. The molecule has 0 spiro atoms. The van der Waals surface area contributed by atoms with E-state index in [9.17, 15) is 18.0 Å². The van der Waals surface area contributed by atoms with Gasteiger partial charge in [0.15, 0.2) is 0 Å². The van der Waals surface area contributed by atoms with Crippen molar-refractivity contribution in [3.63, 3.8) is 0 Å². The molecule has 2 N–H and O–H groups in total. The fraction of sp³-hybridized carbons (Fsp3) is 0.529. The van der Waals surface area contributed by atoms with Crippen molar-refractivity contribution in [1.82, 2.24) is 9.62 Å². The fourth-order valence-corrected chi connectivity index (χ4v) is 4.62. The lowest BCUT2D eigenvalue weighted by Gasteiger charge is -2.42. The molecule has 1 aliphatic carbocycles. The van der Waals surface area contributed by atoms with Crippen LogP contribution >= 0.6 is 0 Å². The molecule has 26 heavy (non-hydrogen) atoms. The lowest BCUT2D eigenvalue weighted by molar-refractivity contribution is -0.139. The van der Waals surface area contributed by atoms with Crippen LogP contribution in [0.4, 0.5) is 0 Å². The summed E-state index contributed by atoms with van der Waals surface area (Å²) in [5, 5.41) is 8.91. The molecule has 144 valence electrons. The lowest BCUT2D eigenvalue weighted by Crippen LogP contribution is -2.54. The van der Waals surface area contributed by atoms with E-state index < -0.39 is 22.0 Å². The van der Waals surface area contributed by atoms with E-state index in [4.69, 9.17) is 5.11 Å². The molecule has 0 amide bonds. The molecule has 2 rings (SSSR count). The SMILES string of the molecule is CCN(CC(=O)O)C1CC(NS(=O)(=O)c2ccc(C(=O)OC)cc2C)C1. The Bertz CT molecular complexity index is 786. The van der Waals surface area contributed by atoms with Crippen molar-refractivity contribution in [2.24, 2.45) is 0 Å². The zero-order chi connectivity index (χ0) is 19.5. The van der Waals surface area contributed by atoms with Crippen molar-refractivity contribution in [3.05, 3.63) is 29.3 Å². The van der Waals surface area contributed by atoms with Gasteiger partial charge in [-0.3, -0.25) is 9.69 Å². The van der Waals surface area contributed by atoms with Crippen LogP contribution < -0.4 is 4.72 Å². The van der Waals surface area contributed by atoms with Gasteiger partial charge in [0.1, 0.15) is 0 Å². The van der Waals surface area contributed by atoms with Crippen molar-refractivity contribution in [2.45, 2.75) is 43.7 Å². The molecule has 1 fully saturated rings. The molecule has 0 unspecified atom stereocenters. The van der Waals surface area contributed by atoms with E-state index in [0.717, 1.165) is 0 Å². The Balaban J connectivity index is 2.02. The van der Waals surface area contributed by atoms with Crippen LogP contribution in [0.15, 0.2) is 23.1 Å². The number of carbonyl (C=O) groups excluding carboxylic acids is 1. The maximum absolute atomic E-state index is 12.6. The third-order valence-corrected chi connectivity index (χ3v) is 6.26. The van der Waals surface area contributed by atoms with Gasteiger partial charge in [0.25, 0.3) is 0 Å². The Hall–Kier alpha value is -1.97. The van der Waals surface area contributed by atoms with Crippen LogP contribution in [0.1, 0.15) is 35.7 Å². The first-order valence-corrected chi connectivity index (χ1v) is 9.83. The Labute approximate surface area is 153 Å². The maximum Gasteiger partial charge on any atom is 0.337 e. The number of hydrogen-bond donors (Lipinski definition) is 2. The largest absolute Gasteiger partial charge is 0.480 e. The monoisotopic (exact) mass is 384 g/mol. The van der Waals surface area contributed by atoms with Crippen molar-refractivity contribution in [2.75, 3.05) is 20.2 Å². The summed E-state index contributed by atoms with van der Waals surface area (Å²) < 4.78 is 32.5. The number of nitrogens with one attached hydrogen (secondary N) is 1. The third kappa shape index (κ3) is 4.60. The highest BCUT2D eigenvalue weighted by Gasteiger charge is 2.36. The van der Waals surface area contributed by atoms with Crippen LogP contribution in [0, 0.1) is 6.92 Å². The predicted octanol–water partition coefficient (Wildman–Crippen LogP) is 0.997. The number of aliphatic carboxylic acids is 1. The van der Waals surface area contributed by atoms with E-state index in [0.29, 0.717) is 30.5 Å². The number of aryl methyl sites for hydroxylation is 1. The molecule has 0 saturated heterocycles. The number of carboxylic acid groups (broad SMARTS) is 1. The van der Waals surface area contributed by atoms with Crippen molar-refractivity contribution in [1.29, 1.82) is 0 Å². The number of nitrogens with zero attached hydrogens (tertiary/aromatic N) is 1. The first-order chi connectivity index (χ1) is 12.2. The zero-order valence-corrected chi connectivity index (χ0v) is 15.9. The molecular formula is C17H24N2O6S. The van der Waals surface area contributed by atoms with Crippen LogP contribution in [-0.2, 0) is 19.6 Å². The average Bonchev–Trinajstić information content (AvgIpc) is 2.54. The molecule has 1 aromatic rings. The van der Waals surface area contributed by atoms with Gasteiger partial charge < -0.3 is 9.84 Å². The van der Waals surface area contributed by atoms with Gasteiger partial charge in [-0.25, -0.2) is 17.9 Å². The Morgan fingerprint density at radius 3 is 2.50 bits per heavy atom. The molecule has 1 aliphatic rings. The van der Waals surface area contributed by atoms with Gasteiger partial charge in [0.05, 0.1) is 24.1 Å². The third-order valence-electron chi connectivity index (χ3n) is 4.58. The van der Waals surface area contributed by atoms with Gasteiger partial charge >= 0.3 is 11.9 Å². The van der Waals surface area contributed by atoms with E-state index in [-0.39, 0.29) is 23.5 Å². The smallest absolute Gasteiger partial charge is 0.337 e. The van der Waals surface area contributed by atoms with Gasteiger partial charge in [-0.15, -0.1) is 0 Å². The highest BCUT2D eigenvalue weighted by molar-refractivity contribution is 7.89. The standard InChI is InChI=1S/C17H24N2O6S/c1-4-19(10-16(20)21)14-8-13(9-14)18-26(23,24)15-6-5-12(7-11(15)2)17(22)25-3/h5-7,13-14,18H,4,8-10H2,1-3H3,(H,20,21). The van der Waals surface area contributed by atoms with Crippen molar-refractivity contribution >= 4 is 22.0 Å². The average molecular weight is 384 g/mol. The lowest BCUT2D eigenvalue weighted by atomic mass is 9.86. The van der Waals surface area contributed by atoms with Gasteiger partial charge in [0.2, 0.25) is 10.0 Å². The fourth-order valence-electron chi connectivity index (χ4n) is 3.13. The van der Waals surface area contributed by atoms with E-state index in [1.807, 2.05) is 11.8 Å². The molecule has 0 bridgehead atoms. The summed E-state index contributed by atoms with van der Waals surface area (Å²) in [7, 11) is -2.45. The summed E-state index contributed by atoms with van der Waals surface area (Å²) in [6.07, 6.45) is 1.14. The topological polar surface area (TPSA) is 113 Å². The Morgan fingerprint density at radius 2 is 2.00 bits per heavy atom. The molecule has 0 aliphatic heterocycles. The van der Waals surface area contributed by atoms with E-state index in [1.54, 1.807) is 6.92 Å².